The minimum absolute atomic E-state index is 0.0483. The van der Waals surface area contributed by atoms with Gasteiger partial charge in [-0.3, -0.25) is 14.4 Å². The molecule has 4 rings (SSSR count). The maximum absolute atomic E-state index is 13.7. The molecule has 2 fully saturated rings. The van der Waals surface area contributed by atoms with Crippen molar-refractivity contribution in [3.05, 3.63) is 34.6 Å². The van der Waals surface area contributed by atoms with Crippen LogP contribution in [0.4, 0.5) is 13.2 Å². The van der Waals surface area contributed by atoms with Gasteiger partial charge in [0.1, 0.15) is 18.1 Å². The molecule has 204 valence electrons. The summed E-state index contributed by atoms with van der Waals surface area (Å²) in [6, 6.07) is 1.97. The lowest BCUT2D eigenvalue weighted by atomic mass is 9.85. The number of nitrogens with one attached hydrogen (secondary N) is 2. The Morgan fingerprint density at radius 3 is 2.47 bits per heavy atom. The summed E-state index contributed by atoms with van der Waals surface area (Å²) in [6.07, 6.45) is -2.01. The average Bonchev–Trinajstić information content (AvgIpc) is 3.20. The highest BCUT2D eigenvalue weighted by Crippen LogP contribution is 2.65. The zero-order valence-corrected chi connectivity index (χ0v) is 23.0. The number of hydrogen-bond acceptors (Lipinski definition) is 5. The third-order valence-electron chi connectivity index (χ3n) is 7.65. The smallest absolute Gasteiger partial charge is 0.336 e. The Kier molecular flexibility index (Phi) is 6.79. The molecule has 38 heavy (non-hydrogen) atoms. The van der Waals surface area contributed by atoms with Crippen LogP contribution in [0.2, 0.25) is 0 Å². The molecule has 0 spiro atoms. The Morgan fingerprint density at radius 1 is 1.24 bits per heavy atom. The molecule has 5 atom stereocenters. The molecule has 0 aromatic carbocycles. The van der Waals surface area contributed by atoms with E-state index in [4.69, 9.17) is 0 Å². The minimum atomic E-state index is -5.17. The molecule has 0 radical (unpaired) electrons. The summed E-state index contributed by atoms with van der Waals surface area (Å²) in [4.78, 5) is 40.3. The number of aromatic nitrogens is 2. The lowest BCUT2D eigenvalue weighted by molar-refractivity contribution is -0.176. The first-order valence-electron chi connectivity index (χ1n) is 12.0. The summed E-state index contributed by atoms with van der Waals surface area (Å²) < 4.78 is 41.3. The Bertz CT molecular complexity index is 1340. The first kappa shape index (κ1) is 27.9. The Balaban J connectivity index is 1.63. The van der Waals surface area contributed by atoms with Crippen LogP contribution in [0.3, 0.4) is 0 Å². The molecule has 1 saturated heterocycles. The van der Waals surface area contributed by atoms with E-state index in [1.165, 1.54) is 31.9 Å². The van der Waals surface area contributed by atoms with E-state index in [9.17, 15) is 32.8 Å². The fraction of sp³-hybridized carbons (Fsp3) is 0.560. The molecular formula is C25H28BrF3N6O3. The molecule has 3 amide bonds. The largest absolute Gasteiger partial charge is 0.471 e. The maximum atomic E-state index is 13.7. The van der Waals surface area contributed by atoms with Gasteiger partial charge in [0.25, 0.3) is 0 Å². The van der Waals surface area contributed by atoms with E-state index in [0.29, 0.717) is 15.6 Å². The number of nitriles is 1. The third-order valence-corrected chi connectivity index (χ3v) is 8.29. The van der Waals surface area contributed by atoms with Crippen LogP contribution in [-0.2, 0) is 14.4 Å². The van der Waals surface area contributed by atoms with E-state index >= 15 is 0 Å². The van der Waals surface area contributed by atoms with Gasteiger partial charge in [0.05, 0.1) is 17.8 Å². The molecule has 1 saturated carbocycles. The molecule has 2 N–H and O–H groups in total. The van der Waals surface area contributed by atoms with Gasteiger partial charge in [-0.15, -0.1) is 0 Å². The summed E-state index contributed by atoms with van der Waals surface area (Å²) >= 11 is 3.43. The number of fused-ring (bicyclic) bond motifs is 2. The van der Waals surface area contributed by atoms with Crippen molar-refractivity contribution in [3.63, 3.8) is 0 Å². The topological polar surface area (TPSA) is 120 Å². The molecule has 9 nitrogen and oxygen atoms in total. The van der Waals surface area contributed by atoms with Gasteiger partial charge >= 0.3 is 12.1 Å². The van der Waals surface area contributed by atoms with Crippen molar-refractivity contribution in [1.29, 1.82) is 5.26 Å². The van der Waals surface area contributed by atoms with Crippen molar-refractivity contribution in [3.8, 4) is 6.07 Å². The van der Waals surface area contributed by atoms with E-state index in [2.05, 4.69) is 32.4 Å². The van der Waals surface area contributed by atoms with Crippen LogP contribution in [0.5, 0.6) is 0 Å². The standard InChI is InChI=1S/C25H28BrF3N6O3/c1-23(2,3)19(33-22(38)25(27,28)29)21(37)34-11-13-16(24(13,4)5)18(34)20(36)32-15(9-30)12-10-31-35-8-6-7-14(26)17(12)35/h6-8,10,13,15-16,18-19H,11H2,1-5H3,(H,32,36)(H,33,38)/t13-,15?,16-,18-,19+/m0/s1. The number of carbonyl (C=O) groups is 3. The van der Waals surface area contributed by atoms with Crippen LogP contribution >= 0.6 is 15.9 Å². The summed E-state index contributed by atoms with van der Waals surface area (Å²) in [7, 11) is 0. The second kappa shape index (κ2) is 9.25. The number of carbonyl (C=O) groups excluding carboxylic acids is 3. The van der Waals surface area contributed by atoms with E-state index in [1.54, 1.807) is 22.8 Å². The van der Waals surface area contributed by atoms with E-state index in [-0.39, 0.29) is 23.8 Å². The molecule has 2 aromatic rings. The van der Waals surface area contributed by atoms with Gasteiger partial charge < -0.3 is 15.5 Å². The number of rotatable bonds is 5. The Labute approximate surface area is 225 Å². The van der Waals surface area contributed by atoms with Crippen LogP contribution in [0.25, 0.3) is 5.52 Å². The average molecular weight is 597 g/mol. The van der Waals surface area contributed by atoms with Crippen LogP contribution in [-0.4, -0.2) is 57.0 Å². The van der Waals surface area contributed by atoms with E-state index in [0.717, 1.165) is 0 Å². The highest BCUT2D eigenvalue weighted by molar-refractivity contribution is 9.10. The molecule has 1 aliphatic heterocycles. The van der Waals surface area contributed by atoms with E-state index in [1.807, 2.05) is 19.2 Å². The van der Waals surface area contributed by atoms with Gasteiger partial charge in [0, 0.05) is 22.8 Å². The summed E-state index contributed by atoms with van der Waals surface area (Å²) in [5.74, 6) is -3.89. The quantitative estimate of drug-likeness (QED) is 0.548. The molecule has 1 aliphatic carbocycles. The van der Waals surface area contributed by atoms with Crippen molar-refractivity contribution < 1.29 is 27.6 Å². The van der Waals surface area contributed by atoms with Crippen molar-refractivity contribution in [2.75, 3.05) is 6.54 Å². The number of alkyl halides is 3. The first-order chi connectivity index (χ1) is 17.5. The fourth-order valence-corrected chi connectivity index (χ4v) is 6.05. The zero-order valence-electron chi connectivity index (χ0n) is 21.4. The SMILES string of the molecule is CC(C)(C)[C@H](NC(=O)C(F)(F)F)C(=O)N1C[C@H]2[C@@H]([C@H]1C(=O)NC(C#N)c1cnn3cccc(Br)c13)C2(C)C. The second-order valence-electron chi connectivity index (χ2n) is 11.5. The normalized spacial score (nSPS) is 23.8. The number of hydrogen-bond donors (Lipinski definition) is 2. The Hall–Kier alpha value is -3.14. The molecule has 0 bridgehead atoms. The molecular weight excluding hydrogens is 569 g/mol. The van der Waals surface area contributed by atoms with Gasteiger partial charge in [0.15, 0.2) is 0 Å². The van der Waals surface area contributed by atoms with Crippen molar-refractivity contribution >= 4 is 39.2 Å². The number of halogens is 4. The third kappa shape index (κ3) is 4.74. The van der Waals surface area contributed by atoms with Crippen molar-refractivity contribution in [1.82, 2.24) is 25.1 Å². The predicted molar refractivity (Wildman–Crippen MR) is 133 cm³/mol. The monoisotopic (exact) mass is 596 g/mol. The molecule has 3 heterocycles. The lowest BCUT2D eigenvalue weighted by Crippen LogP contribution is -2.60. The summed E-state index contributed by atoms with van der Waals surface area (Å²) in [5.41, 5.74) is -0.312. The fourth-order valence-electron chi connectivity index (χ4n) is 5.48. The van der Waals surface area contributed by atoms with Crippen molar-refractivity contribution in [2.45, 2.75) is 58.9 Å². The van der Waals surface area contributed by atoms with Gasteiger partial charge in [-0.25, -0.2) is 4.52 Å². The molecule has 2 aliphatic rings. The molecule has 2 aromatic heterocycles. The molecule has 13 heteroatoms. The summed E-state index contributed by atoms with van der Waals surface area (Å²) in [6.45, 7) is 8.69. The van der Waals surface area contributed by atoms with Crippen LogP contribution in [0, 0.1) is 34.0 Å². The number of piperidine rings is 1. The van der Waals surface area contributed by atoms with Crippen molar-refractivity contribution in [2.24, 2.45) is 22.7 Å². The number of amides is 3. The minimum Gasteiger partial charge on any atom is -0.336 e. The van der Waals surface area contributed by atoms with Gasteiger partial charge in [-0.2, -0.15) is 23.5 Å². The zero-order chi connectivity index (χ0) is 28.4. The highest BCUT2D eigenvalue weighted by atomic mass is 79.9. The first-order valence-corrected chi connectivity index (χ1v) is 12.8. The van der Waals surface area contributed by atoms with E-state index < -0.39 is 47.4 Å². The van der Waals surface area contributed by atoms with Gasteiger partial charge in [0.2, 0.25) is 11.8 Å². The summed E-state index contributed by atoms with van der Waals surface area (Å²) in [5, 5.41) is 18.7. The maximum Gasteiger partial charge on any atom is 0.471 e. The predicted octanol–water partition coefficient (Wildman–Crippen LogP) is 3.35. The van der Waals surface area contributed by atoms with Crippen LogP contribution < -0.4 is 10.6 Å². The molecule has 1 unspecified atom stereocenters. The Morgan fingerprint density at radius 2 is 1.89 bits per heavy atom. The highest BCUT2D eigenvalue weighted by Gasteiger charge is 2.70. The van der Waals surface area contributed by atoms with Crippen LogP contribution in [0.1, 0.15) is 46.2 Å². The van der Waals surface area contributed by atoms with Gasteiger partial charge in [-0.1, -0.05) is 34.6 Å². The van der Waals surface area contributed by atoms with Crippen LogP contribution in [0.15, 0.2) is 29.0 Å². The number of likely N-dealkylation sites (tertiary alicyclic amines) is 1. The number of pyridine rings is 1. The lowest BCUT2D eigenvalue weighted by Gasteiger charge is -2.37. The number of nitrogens with zero attached hydrogens (tertiary/aromatic N) is 4. The second-order valence-corrected chi connectivity index (χ2v) is 12.3. The van der Waals surface area contributed by atoms with Gasteiger partial charge in [-0.05, 0) is 50.7 Å².